The topological polar surface area (TPSA) is 84.2 Å². The van der Waals surface area contributed by atoms with Crippen molar-refractivity contribution in [3.63, 3.8) is 0 Å². The highest BCUT2D eigenvalue weighted by molar-refractivity contribution is 8.00. The first-order chi connectivity index (χ1) is 13.5. The molecule has 0 spiro atoms. The minimum Gasteiger partial charge on any atom is -0.431 e. The average molecular weight is 399 g/mol. The zero-order valence-electron chi connectivity index (χ0n) is 15.0. The van der Waals surface area contributed by atoms with E-state index >= 15 is 0 Å². The number of nitrogens with one attached hydrogen (secondary N) is 2. The minimum absolute atomic E-state index is 0.284. The van der Waals surface area contributed by atoms with Crippen molar-refractivity contribution in [3.8, 4) is 11.3 Å². The summed E-state index contributed by atoms with van der Waals surface area (Å²) in [6, 6.07) is 14.6. The van der Waals surface area contributed by atoms with Crippen LogP contribution in [-0.2, 0) is 11.3 Å². The molecular formula is C20H18FN3O3S. The van der Waals surface area contributed by atoms with Gasteiger partial charge in [-0.1, -0.05) is 42.1 Å². The van der Waals surface area contributed by atoms with E-state index in [0.29, 0.717) is 17.9 Å². The van der Waals surface area contributed by atoms with E-state index in [1.807, 2.05) is 30.3 Å². The van der Waals surface area contributed by atoms with Crippen LogP contribution in [0.3, 0.4) is 0 Å². The van der Waals surface area contributed by atoms with Gasteiger partial charge in [0, 0.05) is 12.1 Å². The molecule has 0 bridgehead atoms. The van der Waals surface area contributed by atoms with Crippen LogP contribution in [-0.4, -0.2) is 22.2 Å². The maximum atomic E-state index is 13.0. The lowest BCUT2D eigenvalue weighted by Crippen LogP contribution is -2.42. The van der Waals surface area contributed by atoms with Gasteiger partial charge in [0.05, 0.1) is 11.4 Å². The fourth-order valence-electron chi connectivity index (χ4n) is 2.30. The van der Waals surface area contributed by atoms with Gasteiger partial charge >= 0.3 is 6.03 Å². The fourth-order valence-corrected chi connectivity index (χ4v) is 3.02. The van der Waals surface area contributed by atoms with E-state index < -0.39 is 17.2 Å². The molecule has 0 aliphatic heterocycles. The number of nitrogens with zero attached hydrogens (tertiary/aromatic N) is 1. The van der Waals surface area contributed by atoms with Crippen molar-refractivity contribution in [2.24, 2.45) is 0 Å². The SMILES string of the molecule is CC(Sc1ncc(-c2ccc(F)cc2)o1)C(=O)NC(=O)NCc1ccccc1. The number of urea groups is 1. The number of hydrogen-bond donors (Lipinski definition) is 2. The zero-order chi connectivity index (χ0) is 19.9. The molecule has 28 heavy (non-hydrogen) atoms. The van der Waals surface area contributed by atoms with E-state index in [9.17, 15) is 14.0 Å². The van der Waals surface area contributed by atoms with Crippen LogP contribution in [0.5, 0.6) is 0 Å². The Balaban J connectivity index is 1.50. The van der Waals surface area contributed by atoms with Crippen molar-refractivity contribution >= 4 is 23.7 Å². The molecule has 2 N–H and O–H groups in total. The number of rotatable bonds is 6. The number of imide groups is 1. The number of hydrogen-bond acceptors (Lipinski definition) is 5. The third kappa shape index (κ3) is 5.43. The van der Waals surface area contributed by atoms with Crippen molar-refractivity contribution < 1.29 is 18.4 Å². The Bertz CT molecular complexity index is 945. The number of halogens is 1. The zero-order valence-corrected chi connectivity index (χ0v) is 15.8. The summed E-state index contributed by atoms with van der Waals surface area (Å²) < 4.78 is 18.6. The molecule has 6 nitrogen and oxygen atoms in total. The molecule has 3 aromatic rings. The molecule has 1 aromatic heterocycles. The van der Waals surface area contributed by atoms with E-state index in [2.05, 4.69) is 15.6 Å². The largest absolute Gasteiger partial charge is 0.431 e. The first-order valence-corrected chi connectivity index (χ1v) is 9.40. The van der Waals surface area contributed by atoms with Crippen LogP contribution >= 0.6 is 11.8 Å². The maximum absolute atomic E-state index is 13.0. The Labute approximate surface area is 165 Å². The smallest absolute Gasteiger partial charge is 0.321 e. The van der Waals surface area contributed by atoms with Gasteiger partial charge in [-0.2, -0.15) is 0 Å². The summed E-state index contributed by atoms with van der Waals surface area (Å²) in [6.45, 7) is 1.97. The molecule has 0 fully saturated rings. The van der Waals surface area contributed by atoms with Crippen LogP contribution in [0.15, 0.2) is 70.4 Å². The van der Waals surface area contributed by atoms with Crippen LogP contribution in [0.25, 0.3) is 11.3 Å². The molecule has 0 saturated carbocycles. The highest BCUT2D eigenvalue weighted by Gasteiger charge is 2.20. The van der Waals surface area contributed by atoms with Crippen molar-refractivity contribution in [1.82, 2.24) is 15.6 Å². The van der Waals surface area contributed by atoms with E-state index in [1.165, 1.54) is 18.3 Å². The van der Waals surface area contributed by atoms with E-state index in [0.717, 1.165) is 17.3 Å². The number of thioether (sulfide) groups is 1. The van der Waals surface area contributed by atoms with Crippen LogP contribution in [0.4, 0.5) is 9.18 Å². The number of benzene rings is 2. The molecular weight excluding hydrogens is 381 g/mol. The van der Waals surface area contributed by atoms with Crippen molar-refractivity contribution in [2.45, 2.75) is 23.9 Å². The molecule has 1 unspecified atom stereocenters. The van der Waals surface area contributed by atoms with Gasteiger partial charge < -0.3 is 9.73 Å². The second-order valence-electron chi connectivity index (χ2n) is 5.91. The third-order valence-corrected chi connectivity index (χ3v) is 4.75. The van der Waals surface area contributed by atoms with Crippen LogP contribution in [0.1, 0.15) is 12.5 Å². The first-order valence-electron chi connectivity index (χ1n) is 8.52. The van der Waals surface area contributed by atoms with Gasteiger partial charge in [-0.3, -0.25) is 10.1 Å². The van der Waals surface area contributed by atoms with Crippen LogP contribution in [0.2, 0.25) is 0 Å². The molecule has 0 aliphatic rings. The quantitative estimate of drug-likeness (QED) is 0.613. The number of carbonyl (C=O) groups is 2. The fraction of sp³-hybridized carbons (Fsp3) is 0.150. The molecule has 0 aliphatic carbocycles. The van der Waals surface area contributed by atoms with Gasteiger partial charge in [0.15, 0.2) is 5.76 Å². The molecule has 1 atom stereocenters. The standard InChI is InChI=1S/C20H18FN3O3S/c1-13(18(25)24-19(26)22-11-14-5-3-2-4-6-14)28-20-23-12-17(27-20)15-7-9-16(21)10-8-15/h2-10,12-13H,11H2,1H3,(H2,22,24,25,26). The van der Waals surface area contributed by atoms with Gasteiger partial charge in [0.2, 0.25) is 5.91 Å². The number of aromatic nitrogens is 1. The normalized spacial score (nSPS) is 11.6. The second kappa shape index (κ2) is 9.18. The Morgan fingerprint density at radius 3 is 2.57 bits per heavy atom. The molecule has 144 valence electrons. The molecule has 0 radical (unpaired) electrons. The third-order valence-electron chi connectivity index (χ3n) is 3.79. The highest BCUT2D eigenvalue weighted by atomic mass is 32.2. The first kappa shape index (κ1) is 19.6. The van der Waals surface area contributed by atoms with E-state index in [1.54, 1.807) is 19.1 Å². The van der Waals surface area contributed by atoms with Gasteiger partial charge in [-0.25, -0.2) is 14.2 Å². The molecule has 3 amide bonds. The average Bonchev–Trinajstić information content (AvgIpc) is 3.16. The summed E-state index contributed by atoms with van der Waals surface area (Å²) in [7, 11) is 0. The molecule has 1 heterocycles. The molecule has 2 aromatic carbocycles. The lowest BCUT2D eigenvalue weighted by molar-refractivity contribution is -0.119. The predicted molar refractivity (Wildman–Crippen MR) is 104 cm³/mol. The lowest BCUT2D eigenvalue weighted by Gasteiger charge is -2.10. The molecule has 3 rings (SSSR count). The molecule has 0 saturated heterocycles. The summed E-state index contributed by atoms with van der Waals surface area (Å²) >= 11 is 1.08. The summed E-state index contributed by atoms with van der Waals surface area (Å²) in [4.78, 5) is 28.2. The van der Waals surface area contributed by atoms with Crippen molar-refractivity contribution in [2.75, 3.05) is 0 Å². The van der Waals surface area contributed by atoms with Crippen LogP contribution < -0.4 is 10.6 Å². The molecule has 8 heteroatoms. The maximum Gasteiger partial charge on any atom is 0.321 e. The number of oxazole rings is 1. The van der Waals surface area contributed by atoms with E-state index in [-0.39, 0.29) is 11.0 Å². The Hall–Kier alpha value is -3.13. The van der Waals surface area contributed by atoms with Gasteiger partial charge in [0.25, 0.3) is 5.22 Å². The summed E-state index contributed by atoms with van der Waals surface area (Å²) in [5.74, 6) is -0.332. The Kier molecular flexibility index (Phi) is 6.44. The van der Waals surface area contributed by atoms with Crippen molar-refractivity contribution in [1.29, 1.82) is 0 Å². The summed E-state index contributed by atoms with van der Waals surface area (Å²) in [5, 5.41) is 4.61. The van der Waals surface area contributed by atoms with Gasteiger partial charge in [-0.05, 0) is 36.8 Å². The number of carbonyl (C=O) groups excluding carboxylic acids is 2. The van der Waals surface area contributed by atoms with Gasteiger partial charge in [0.1, 0.15) is 5.82 Å². The second-order valence-corrected chi connectivity index (χ2v) is 7.21. The number of amides is 3. The minimum atomic E-state index is -0.595. The summed E-state index contributed by atoms with van der Waals surface area (Å²) in [5.41, 5.74) is 1.61. The van der Waals surface area contributed by atoms with Crippen LogP contribution in [0, 0.1) is 5.82 Å². The van der Waals surface area contributed by atoms with Crippen molar-refractivity contribution in [3.05, 3.63) is 72.2 Å². The Morgan fingerprint density at radius 2 is 1.86 bits per heavy atom. The Morgan fingerprint density at radius 1 is 1.14 bits per heavy atom. The summed E-state index contributed by atoms with van der Waals surface area (Å²) in [6.07, 6.45) is 1.51. The van der Waals surface area contributed by atoms with E-state index in [4.69, 9.17) is 4.42 Å². The predicted octanol–water partition coefficient (Wildman–Crippen LogP) is 3.99. The van der Waals surface area contributed by atoms with Gasteiger partial charge in [-0.15, -0.1) is 0 Å². The lowest BCUT2D eigenvalue weighted by atomic mass is 10.2. The highest BCUT2D eigenvalue weighted by Crippen LogP contribution is 2.28. The monoisotopic (exact) mass is 399 g/mol.